The third kappa shape index (κ3) is 4.02. The van der Waals surface area contributed by atoms with E-state index >= 15 is 0 Å². The Morgan fingerprint density at radius 2 is 1.64 bits per heavy atom. The van der Waals surface area contributed by atoms with Crippen molar-refractivity contribution < 1.29 is 49.3 Å². The number of carbonyl (C=O) groups is 1. The number of aldehydes is 1. The van der Waals surface area contributed by atoms with Crippen molar-refractivity contribution in [3.05, 3.63) is 0 Å². The monoisotopic (exact) mass is 366 g/mol. The van der Waals surface area contributed by atoms with E-state index in [0.29, 0.717) is 12.7 Å². The Balaban J connectivity index is 2.14. The van der Waals surface area contributed by atoms with Crippen LogP contribution in [0.1, 0.15) is 13.3 Å². The van der Waals surface area contributed by atoms with E-state index in [9.17, 15) is 30.3 Å². The number of hydrogen-bond donors (Lipinski definition) is 5. The molecule has 0 aliphatic carbocycles. The molecule has 10 atom stereocenters. The summed E-state index contributed by atoms with van der Waals surface area (Å²) < 4.78 is 21.1. The van der Waals surface area contributed by atoms with E-state index in [1.807, 2.05) is 0 Å². The molecule has 10 heteroatoms. The zero-order chi connectivity index (χ0) is 18.7. The van der Waals surface area contributed by atoms with Gasteiger partial charge >= 0.3 is 0 Å². The minimum absolute atomic E-state index is 0.400. The number of aliphatic hydroxyl groups is 5. The van der Waals surface area contributed by atoms with Crippen LogP contribution in [0.15, 0.2) is 0 Å². The van der Waals surface area contributed by atoms with Gasteiger partial charge in [0.2, 0.25) is 0 Å². The van der Waals surface area contributed by atoms with Gasteiger partial charge in [0.05, 0.1) is 12.7 Å². The Morgan fingerprint density at radius 3 is 2.16 bits per heavy atom. The predicted molar refractivity (Wildman–Crippen MR) is 80.2 cm³/mol. The van der Waals surface area contributed by atoms with Crippen molar-refractivity contribution in [2.75, 3.05) is 13.7 Å². The summed E-state index contributed by atoms with van der Waals surface area (Å²) >= 11 is 0. The summed E-state index contributed by atoms with van der Waals surface area (Å²) in [6.45, 7) is 1.18. The van der Waals surface area contributed by atoms with Gasteiger partial charge in [-0.1, -0.05) is 6.92 Å². The molecule has 4 unspecified atom stereocenters. The third-order valence-electron chi connectivity index (χ3n) is 4.73. The van der Waals surface area contributed by atoms with Crippen molar-refractivity contribution in [2.45, 2.75) is 68.7 Å². The van der Waals surface area contributed by atoms with Crippen LogP contribution >= 0.6 is 0 Å². The average molecular weight is 366 g/mol. The molecule has 0 aromatic heterocycles. The zero-order valence-corrected chi connectivity index (χ0v) is 14.0. The molecular formula is C15H26O10. The fourth-order valence-corrected chi connectivity index (χ4v) is 3.23. The molecule has 0 radical (unpaired) electrons. The van der Waals surface area contributed by atoms with E-state index in [0.717, 1.165) is 0 Å². The second-order valence-corrected chi connectivity index (χ2v) is 6.20. The molecule has 0 saturated carbocycles. The van der Waals surface area contributed by atoms with Gasteiger partial charge in [0.1, 0.15) is 42.9 Å². The van der Waals surface area contributed by atoms with Gasteiger partial charge in [-0.3, -0.25) is 0 Å². The minimum Gasteiger partial charge on any atom is -0.394 e. The van der Waals surface area contributed by atoms with Gasteiger partial charge in [-0.25, -0.2) is 0 Å². The first kappa shape index (κ1) is 20.6. The molecule has 2 heterocycles. The normalized spacial score (nSPS) is 48.3. The molecule has 2 aliphatic rings. The van der Waals surface area contributed by atoms with Crippen LogP contribution in [-0.4, -0.2) is 101 Å². The van der Waals surface area contributed by atoms with Gasteiger partial charge in [-0.2, -0.15) is 0 Å². The van der Waals surface area contributed by atoms with Crippen molar-refractivity contribution in [1.82, 2.24) is 0 Å². The minimum atomic E-state index is -1.51. The summed E-state index contributed by atoms with van der Waals surface area (Å²) in [5.74, 6) is -0.600. The first-order chi connectivity index (χ1) is 11.9. The number of aliphatic hydroxyl groups excluding tert-OH is 5. The van der Waals surface area contributed by atoms with Crippen LogP contribution in [0.25, 0.3) is 0 Å². The maximum absolute atomic E-state index is 11.2. The summed E-state index contributed by atoms with van der Waals surface area (Å²) in [6.07, 6.45) is -10.8. The second kappa shape index (κ2) is 8.80. The first-order valence-corrected chi connectivity index (χ1v) is 8.17. The molecule has 2 aliphatic heterocycles. The molecule has 0 spiro atoms. The number of methoxy groups -OCH3 is 1. The third-order valence-corrected chi connectivity index (χ3v) is 4.73. The summed E-state index contributed by atoms with van der Waals surface area (Å²) in [4.78, 5) is 11.2. The van der Waals surface area contributed by atoms with E-state index in [1.54, 1.807) is 6.92 Å². The number of rotatable bonds is 6. The van der Waals surface area contributed by atoms with E-state index in [4.69, 9.17) is 18.9 Å². The lowest BCUT2D eigenvalue weighted by Crippen LogP contribution is -2.63. The topological polar surface area (TPSA) is 155 Å². The molecule has 2 fully saturated rings. The Kier molecular flexibility index (Phi) is 7.26. The largest absolute Gasteiger partial charge is 0.394 e. The molecule has 0 bridgehead atoms. The van der Waals surface area contributed by atoms with Crippen LogP contribution in [0.2, 0.25) is 0 Å². The SMILES string of the molecule is CC[C@H]1C(C=O)O[C@@H](O[C@H]2C(O)C(O)[C@@H](OC)O[C@H]2CO)C(O)[C@@H]1O. The van der Waals surface area contributed by atoms with E-state index in [-0.39, 0.29) is 0 Å². The molecule has 0 aromatic rings. The van der Waals surface area contributed by atoms with Crippen LogP contribution in [0.5, 0.6) is 0 Å². The van der Waals surface area contributed by atoms with Crippen LogP contribution in [0.3, 0.4) is 0 Å². The molecule has 5 N–H and O–H groups in total. The summed E-state index contributed by atoms with van der Waals surface area (Å²) in [7, 11) is 1.26. The highest BCUT2D eigenvalue weighted by atomic mass is 16.7. The maximum atomic E-state index is 11.2. The number of hydrogen-bond acceptors (Lipinski definition) is 10. The quantitative estimate of drug-likeness (QED) is 0.310. The molecule has 2 saturated heterocycles. The van der Waals surface area contributed by atoms with Crippen molar-refractivity contribution in [3.63, 3.8) is 0 Å². The van der Waals surface area contributed by atoms with E-state index in [1.165, 1.54) is 7.11 Å². The van der Waals surface area contributed by atoms with Gasteiger partial charge in [0.15, 0.2) is 12.6 Å². The van der Waals surface area contributed by atoms with Gasteiger partial charge in [-0.05, 0) is 6.42 Å². The van der Waals surface area contributed by atoms with Crippen molar-refractivity contribution >= 4 is 6.29 Å². The highest BCUT2D eigenvalue weighted by molar-refractivity contribution is 5.57. The van der Waals surface area contributed by atoms with Crippen LogP contribution < -0.4 is 0 Å². The van der Waals surface area contributed by atoms with Gasteiger partial charge in [-0.15, -0.1) is 0 Å². The Labute approximate surface area is 144 Å². The highest BCUT2D eigenvalue weighted by Gasteiger charge is 2.50. The molecule has 0 amide bonds. The van der Waals surface area contributed by atoms with E-state index < -0.39 is 67.8 Å². The fraction of sp³-hybridized carbons (Fsp3) is 0.933. The van der Waals surface area contributed by atoms with E-state index in [2.05, 4.69) is 0 Å². The molecule has 0 aromatic carbocycles. The Morgan fingerprint density at radius 1 is 1.00 bits per heavy atom. The standard InChI is InChI=1S/C15H26O10/c1-3-6-7(4-16)23-15(11(20)9(6)18)25-13-8(5-17)24-14(22-2)12(21)10(13)19/h4,6-15,17-21H,3,5H2,1-2H3/t6-,7?,8-,9+,10?,11?,12?,13+,14-,15-/m0/s1. The molecule has 25 heavy (non-hydrogen) atoms. The van der Waals surface area contributed by atoms with Gasteiger partial charge in [0.25, 0.3) is 0 Å². The van der Waals surface area contributed by atoms with Crippen molar-refractivity contribution in [2.24, 2.45) is 5.92 Å². The van der Waals surface area contributed by atoms with Crippen LogP contribution in [0.4, 0.5) is 0 Å². The lowest BCUT2D eigenvalue weighted by molar-refractivity contribution is -0.348. The lowest BCUT2D eigenvalue weighted by atomic mass is 9.87. The van der Waals surface area contributed by atoms with Crippen LogP contribution in [-0.2, 0) is 23.7 Å². The molecule has 146 valence electrons. The Hall–Kier alpha value is -0.690. The summed E-state index contributed by atoms with van der Waals surface area (Å²) in [5, 5.41) is 50.0. The number of ether oxygens (including phenoxy) is 4. The first-order valence-electron chi connectivity index (χ1n) is 8.17. The second-order valence-electron chi connectivity index (χ2n) is 6.20. The maximum Gasteiger partial charge on any atom is 0.187 e. The van der Waals surface area contributed by atoms with Crippen LogP contribution in [0, 0.1) is 5.92 Å². The van der Waals surface area contributed by atoms with Gasteiger partial charge < -0.3 is 49.3 Å². The number of carbonyl (C=O) groups excluding carboxylic acids is 1. The molecular weight excluding hydrogens is 340 g/mol. The average Bonchev–Trinajstić information content (AvgIpc) is 2.62. The Bertz CT molecular complexity index is 433. The smallest absolute Gasteiger partial charge is 0.187 e. The predicted octanol–water partition coefficient (Wildman–Crippen LogP) is -2.87. The summed E-state index contributed by atoms with van der Waals surface area (Å²) in [6, 6.07) is 0. The zero-order valence-electron chi connectivity index (χ0n) is 14.0. The summed E-state index contributed by atoms with van der Waals surface area (Å²) in [5.41, 5.74) is 0. The molecule has 2 rings (SSSR count). The highest BCUT2D eigenvalue weighted by Crippen LogP contribution is 2.32. The molecule has 10 nitrogen and oxygen atoms in total. The van der Waals surface area contributed by atoms with Crippen molar-refractivity contribution in [3.8, 4) is 0 Å². The van der Waals surface area contributed by atoms with Gasteiger partial charge in [0, 0.05) is 13.0 Å². The lowest BCUT2D eigenvalue weighted by Gasteiger charge is -2.46. The van der Waals surface area contributed by atoms with Crippen molar-refractivity contribution in [1.29, 1.82) is 0 Å². The fourth-order valence-electron chi connectivity index (χ4n) is 3.23.